The van der Waals surface area contributed by atoms with Crippen LogP contribution in [0.2, 0.25) is 0 Å². The molecular formula is C35H24O9. The summed E-state index contributed by atoms with van der Waals surface area (Å²) in [4.78, 5) is 54.8. The van der Waals surface area contributed by atoms with Gasteiger partial charge in [-0.05, 0) is 29.8 Å². The maximum Gasteiger partial charge on any atom is 0.343 e. The molecule has 218 valence electrons. The normalized spacial score (nSPS) is 10.5. The minimum absolute atomic E-state index is 0.0140. The minimum Gasteiger partial charge on any atom is -0.508 e. The topological polar surface area (TPSA) is 147 Å². The molecule has 5 aromatic rings. The number of esters is 2. The molecule has 0 aliphatic heterocycles. The van der Waals surface area contributed by atoms with Crippen molar-refractivity contribution in [3.8, 4) is 23.0 Å². The number of rotatable bonds is 9. The summed E-state index contributed by atoms with van der Waals surface area (Å²) >= 11 is 0. The molecular weight excluding hydrogens is 564 g/mol. The summed E-state index contributed by atoms with van der Waals surface area (Å²) in [6.07, 6.45) is 0. The zero-order valence-electron chi connectivity index (χ0n) is 23.0. The summed E-state index contributed by atoms with van der Waals surface area (Å²) in [5.41, 5.74) is -1.53. The summed E-state index contributed by atoms with van der Waals surface area (Å²) in [7, 11) is 0. The highest BCUT2D eigenvalue weighted by atomic mass is 16.5. The van der Waals surface area contributed by atoms with Crippen LogP contribution in [0.25, 0.3) is 0 Å². The molecule has 9 heteroatoms. The van der Waals surface area contributed by atoms with Crippen LogP contribution >= 0.6 is 0 Å². The van der Waals surface area contributed by atoms with Crippen molar-refractivity contribution < 1.29 is 44.0 Å². The molecule has 0 radical (unpaired) electrons. The van der Waals surface area contributed by atoms with E-state index in [-0.39, 0.29) is 29.0 Å². The van der Waals surface area contributed by atoms with E-state index in [0.717, 1.165) is 0 Å². The summed E-state index contributed by atoms with van der Waals surface area (Å²) < 4.78 is 11.0. The molecule has 5 rings (SSSR count). The van der Waals surface area contributed by atoms with Gasteiger partial charge in [0.2, 0.25) is 5.75 Å². The van der Waals surface area contributed by atoms with Gasteiger partial charge in [-0.2, -0.15) is 0 Å². The first-order chi connectivity index (χ1) is 21.3. The van der Waals surface area contributed by atoms with E-state index in [0.29, 0.717) is 5.56 Å². The van der Waals surface area contributed by atoms with E-state index >= 15 is 0 Å². The fourth-order valence-electron chi connectivity index (χ4n) is 4.45. The summed E-state index contributed by atoms with van der Waals surface area (Å²) in [6.45, 7) is -0.349. The summed E-state index contributed by atoms with van der Waals surface area (Å²) in [5, 5.41) is 32.0. The molecule has 0 fully saturated rings. The molecule has 0 saturated carbocycles. The molecule has 0 aromatic heterocycles. The van der Waals surface area contributed by atoms with Gasteiger partial charge < -0.3 is 24.8 Å². The number of carbonyl (C=O) groups excluding carboxylic acids is 4. The third-order valence-electron chi connectivity index (χ3n) is 6.64. The maximum absolute atomic E-state index is 14.1. The number of hydrogen-bond acceptors (Lipinski definition) is 9. The summed E-state index contributed by atoms with van der Waals surface area (Å²) in [5.74, 6) is -7.05. The Morgan fingerprint density at radius 2 is 0.977 bits per heavy atom. The predicted molar refractivity (Wildman–Crippen MR) is 158 cm³/mol. The Kier molecular flexibility index (Phi) is 8.48. The number of ether oxygens (including phenoxy) is 2. The molecule has 0 unspecified atom stereocenters. The fourth-order valence-corrected chi connectivity index (χ4v) is 4.45. The first kappa shape index (κ1) is 29.3. The lowest BCUT2D eigenvalue weighted by molar-refractivity contribution is 0.0464. The average molecular weight is 589 g/mol. The van der Waals surface area contributed by atoms with Gasteiger partial charge in [0, 0.05) is 11.1 Å². The molecule has 0 aliphatic carbocycles. The van der Waals surface area contributed by atoms with Crippen molar-refractivity contribution in [2.75, 3.05) is 0 Å². The van der Waals surface area contributed by atoms with Gasteiger partial charge in [0.15, 0.2) is 23.1 Å². The maximum atomic E-state index is 14.1. The fraction of sp³-hybridized carbons (Fsp3) is 0.0286. The van der Waals surface area contributed by atoms with Crippen LogP contribution < -0.4 is 4.74 Å². The second-order valence-corrected chi connectivity index (χ2v) is 9.54. The van der Waals surface area contributed by atoms with Crippen LogP contribution in [0.4, 0.5) is 0 Å². The van der Waals surface area contributed by atoms with E-state index in [1.54, 1.807) is 54.6 Å². The number of aromatic hydroxyl groups is 3. The highest BCUT2D eigenvalue weighted by Gasteiger charge is 2.37. The van der Waals surface area contributed by atoms with Gasteiger partial charge in [0.05, 0.1) is 22.3 Å². The SMILES string of the molecule is O=C(Oc1c(O)c(O)c(C(=O)c2ccccc2)c(C(=O)OCc2ccc(O)cc2)c1C(=O)c1ccccc1)c1ccccc1. The minimum atomic E-state index is -1.22. The van der Waals surface area contributed by atoms with E-state index in [4.69, 9.17) is 9.47 Å². The van der Waals surface area contributed by atoms with Crippen molar-refractivity contribution >= 4 is 23.5 Å². The third kappa shape index (κ3) is 6.02. The lowest BCUT2D eigenvalue weighted by Gasteiger charge is -2.20. The van der Waals surface area contributed by atoms with Crippen molar-refractivity contribution in [1.82, 2.24) is 0 Å². The molecule has 0 heterocycles. The predicted octanol–water partition coefficient (Wildman–Crippen LogP) is 5.84. The Morgan fingerprint density at radius 1 is 0.500 bits per heavy atom. The van der Waals surface area contributed by atoms with Crippen molar-refractivity contribution in [3.05, 3.63) is 154 Å². The molecule has 0 amide bonds. The van der Waals surface area contributed by atoms with E-state index in [1.165, 1.54) is 60.7 Å². The van der Waals surface area contributed by atoms with E-state index < -0.39 is 57.4 Å². The number of phenolic OH excluding ortho intramolecular Hbond substituents is 3. The zero-order valence-corrected chi connectivity index (χ0v) is 23.0. The van der Waals surface area contributed by atoms with Crippen LogP contribution in [0, 0.1) is 0 Å². The quantitative estimate of drug-likeness (QED) is 0.0836. The standard InChI is InChI=1S/C35H24O9/c36-25-18-16-21(17-19-25)20-43-35(42)26-27(29(37)22-10-4-1-5-11-22)31(39)32(40)33(44-34(41)24-14-8-3-9-15-24)28(26)30(38)23-12-6-2-7-13-23/h1-19,36,39-40H,20H2. The van der Waals surface area contributed by atoms with Crippen LogP contribution in [-0.4, -0.2) is 38.8 Å². The number of hydrogen-bond donors (Lipinski definition) is 3. The molecule has 0 spiro atoms. The lowest BCUT2D eigenvalue weighted by atomic mass is 9.88. The highest BCUT2D eigenvalue weighted by molar-refractivity contribution is 6.24. The number of phenols is 3. The largest absolute Gasteiger partial charge is 0.508 e. The van der Waals surface area contributed by atoms with Crippen LogP contribution in [0.5, 0.6) is 23.0 Å². The molecule has 3 N–H and O–H groups in total. The first-order valence-corrected chi connectivity index (χ1v) is 13.3. The van der Waals surface area contributed by atoms with Crippen molar-refractivity contribution in [3.63, 3.8) is 0 Å². The lowest BCUT2D eigenvalue weighted by Crippen LogP contribution is -2.21. The number of carbonyl (C=O) groups is 4. The molecule has 0 bridgehead atoms. The monoisotopic (exact) mass is 588 g/mol. The van der Waals surface area contributed by atoms with Gasteiger partial charge in [0.25, 0.3) is 0 Å². The third-order valence-corrected chi connectivity index (χ3v) is 6.64. The van der Waals surface area contributed by atoms with E-state index in [9.17, 15) is 34.5 Å². The molecule has 0 aliphatic rings. The van der Waals surface area contributed by atoms with Crippen molar-refractivity contribution in [2.24, 2.45) is 0 Å². The van der Waals surface area contributed by atoms with Gasteiger partial charge in [0.1, 0.15) is 12.4 Å². The highest BCUT2D eigenvalue weighted by Crippen LogP contribution is 2.46. The van der Waals surface area contributed by atoms with E-state index in [1.807, 2.05) is 0 Å². The van der Waals surface area contributed by atoms with Crippen molar-refractivity contribution in [2.45, 2.75) is 6.61 Å². The van der Waals surface area contributed by atoms with Crippen LogP contribution in [0.1, 0.15) is 58.1 Å². The Morgan fingerprint density at radius 3 is 1.50 bits per heavy atom. The Bertz CT molecular complexity index is 1850. The Labute approximate surface area is 251 Å². The number of ketones is 2. The molecule has 5 aromatic carbocycles. The van der Waals surface area contributed by atoms with Crippen molar-refractivity contribution in [1.29, 1.82) is 0 Å². The van der Waals surface area contributed by atoms with Crippen LogP contribution in [0.3, 0.4) is 0 Å². The van der Waals surface area contributed by atoms with Crippen LogP contribution in [0.15, 0.2) is 115 Å². The molecule has 9 nitrogen and oxygen atoms in total. The van der Waals surface area contributed by atoms with Crippen LogP contribution in [-0.2, 0) is 11.3 Å². The second-order valence-electron chi connectivity index (χ2n) is 9.54. The smallest absolute Gasteiger partial charge is 0.343 e. The van der Waals surface area contributed by atoms with Gasteiger partial charge in [-0.25, -0.2) is 9.59 Å². The number of benzene rings is 5. The van der Waals surface area contributed by atoms with Gasteiger partial charge in [-0.15, -0.1) is 0 Å². The van der Waals surface area contributed by atoms with Gasteiger partial charge in [-0.1, -0.05) is 91.0 Å². The average Bonchev–Trinajstić information content (AvgIpc) is 3.06. The van der Waals surface area contributed by atoms with Gasteiger partial charge in [-0.3, -0.25) is 9.59 Å². The van der Waals surface area contributed by atoms with E-state index in [2.05, 4.69) is 0 Å². The first-order valence-electron chi connectivity index (χ1n) is 13.3. The zero-order chi connectivity index (χ0) is 31.2. The van der Waals surface area contributed by atoms with Gasteiger partial charge >= 0.3 is 11.9 Å². The molecule has 0 atom stereocenters. The Balaban J connectivity index is 1.75. The Hall–Kier alpha value is -6.22. The second kappa shape index (κ2) is 12.7. The molecule has 0 saturated heterocycles. The summed E-state index contributed by atoms with van der Waals surface area (Å²) in [6, 6.07) is 28.6. The molecule has 44 heavy (non-hydrogen) atoms.